The first-order valence-electron chi connectivity index (χ1n) is 11.2. The number of carbonyl (C=O) groups excluding carboxylic acids is 2. The molecular formula is C22H42O7. The molecule has 0 aromatic carbocycles. The lowest BCUT2D eigenvalue weighted by molar-refractivity contribution is -0.146. The molecule has 0 atom stereocenters. The molecule has 0 aliphatic carbocycles. The number of ether oxygens (including phenoxy) is 5. The summed E-state index contributed by atoms with van der Waals surface area (Å²) < 4.78 is 26.2. The fourth-order valence-corrected chi connectivity index (χ4v) is 2.51. The van der Waals surface area contributed by atoms with Gasteiger partial charge in [0.2, 0.25) is 0 Å². The zero-order chi connectivity index (χ0) is 21.4. The summed E-state index contributed by atoms with van der Waals surface area (Å²) in [4.78, 5) is 22.9. The molecule has 29 heavy (non-hydrogen) atoms. The maximum atomic E-state index is 11.5. The fourth-order valence-electron chi connectivity index (χ4n) is 2.51. The van der Waals surface area contributed by atoms with Gasteiger partial charge in [0.1, 0.15) is 13.2 Å². The SMILES string of the molecule is CCCCCCCC(=O)OCCOCCOCCOCCOC(=O)CCCCC. The van der Waals surface area contributed by atoms with E-state index in [4.69, 9.17) is 23.7 Å². The molecule has 0 aliphatic rings. The lowest BCUT2D eigenvalue weighted by Gasteiger charge is -2.08. The second-order valence-corrected chi connectivity index (χ2v) is 6.90. The highest BCUT2D eigenvalue weighted by Crippen LogP contribution is 2.05. The second-order valence-electron chi connectivity index (χ2n) is 6.90. The highest BCUT2D eigenvalue weighted by Gasteiger charge is 2.03. The van der Waals surface area contributed by atoms with Crippen LogP contribution in [0.5, 0.6) is 0 Å². The van der Waals surface area contributed by atoms with Gasteiger partial charge in [0.05, 0.1) is 39.6 Å². The van der Waals surface area contributed by atoms with Gasteiger partial charge < -0.3 is 23.7 Å². The van der Waals surface area contributed by atoms with E-state index in [2.05, 4.69) is 13.8 Å². The molecule has 0 bridgehead atoms. The minimum Gasteiger partial charge on any atom is -0.463 e. The number of carbonyl (C=O) groups is 2. The van der Waals surface area contributed by atoms with Crippen molar-refractivity contribution in [1.82, 2.24) is 0 Å². The molecule has 0 rings (SSSR count). The van der Waals surface area contributed by atoms with Crippen LogP contribution in [0.15, 0.2) is 0 Å². The summed E-state index contributed by atoms with van der Waals surface area (Å²) in [5.41, 5.74) is 0. The van der Waals surface area contributed by atoms with E-state index < -0.39 is 0 Å². The molecule has 0 N–H and O–H groups in total. The first kappa shape index (κ1) is 27.8. The van der Waals surface area contributed by atoms with E-state index in [0.29, 0.717) is 52.5 Å². The van der Waals surface area contributed by atoms with Crippen LogP contribution in [0.4, 0.5) is 0 Å². The van der Waals surface area contributed by atoms with Crippen molar-refractivity contribution in [3.8, 4) is 0 Å². The molecule has 0 spiro atoms. The normalized spacial score (nSPS) is 10.8. The van der Waals surface area contributed by atoms with Crippen molar-refractivity contribution in [2.45, 2.75) is 78.1 Å². The largest absolute Gasteiger partial charge is 0.463 e. The molecule has 0 aliphatic heterocycles. The van der Waals surface area contributed by atoms with Crippen LogP contribution in [-0.4, -0.2) is 64.8 Å². The lowest BCUT2D eigenvalue weighted by Crippen LogP contribution is -2.15. The van der Waals surface area contributed by atoms with E-state index >= 15 is 0 Å². The summed E-state index contributed by atoms with van der Waals surface area (Å²) in [6.45, 7) is 7.41. The molecule has 172 valence electrons. The number of unbranched alkanes of at least 4 members (excludes halogenated alkanes) is 6. The zero-order valence-corrected chi connectivity index (χ0v) is 18.6. The fraction of sp³-hybridized carbons (Fsp3) is 0.909. The molecule has 0 heterocycles. The van der Waals surface area contributed by atoms with Crippen LogP contribution < -0.4 is 0 Å². The highest BCUT2D eigenvalue weighted by molar-refractivity contribution is 5.69. The maximum absolute atomic E-state index is 11.5. The van der Waals surface area contributed by atoms with E-state index in [1.807, 2.05) is 0 Å². The first-order chi connectivity index (χ1) is 14.2. The third kappa shape index (κ3) is 23.0. The van der Waals surface area contributed by atoms with Crippen LogP contribution >= 0.6 is 0 Å². The first-order valence-corrected chi connectivity index (χ1v) is 11.2. The Morgan fingerprint density at radius 3 is 1.28 bits per heavy atom. The topological polar surface area (TPSA) is 80.3 Å². The molecule has 0 saturated heterocycles. The Bertz CT molecular complexity index is 374. The highest BCUT2D eigenvalue weighted by atomic mass is 16.6. The van der Waals surface area contributed by atoms with Crippen molar-refractivity contribution in [3.63, 3.8) is 0 Å². The summed E-state index contributed by atoms with van der Waals surface area (Å²) in [6.07, 6.45) is 9.60. The predicted molar refractivity (Wildman–Crippen MR) is 112 cm³/mol. The average Bonchev–Trinajstić information content (AvgIpc) is 2.71. The van der Waals surface area contributed by atoms with Gasteiger partial charge in [-0.3, -0.25) is 9.59 Å². The quantitative estimate of drug-likeness (QED) is 0.194. The van der Waals surface area contributed by atoms with Crippen LogP contribution in [0.1, 0.15) is 78.1 Å². The molecule has 0 saturated carbocycles. The Morgan fingerprint density at radius 1 is 0.483 bits per heavy atom. The molecule has 0 fully saturated rings. The second kappa shape index (κ2) is 23.1. The van der Waals surface area contributed by atoms with Gasteiger partial charge >= 0.3 is 11.9 Å². The van der Waals surface area contributed by atoms with Gasteiger partial charge in [-0.2, -0.15) is 0 Å². The minimum absolute atomic E-state index is 0.148. The van der Waals surface area contributed by atoms with Crippen LogP contribution in [0.25, 0.3) is 0 Å². The van der Waals surface area contributed by atoms with Crippen molar-refractivity contribution in [1.29, 1.82) is 0 Å². The van der Waals surface area contributed by atoms with Crippen molar-refractivity contribution >= 4 is 11.9 Å². The Morgan fingerprint density at radius 2 is 0.828 bits per heavy atom. The molecule has 0 aromatic rings. The Labute approximate surface area is 176 Å². The minimum atomic E-state index is -0.159. The van der Waals surface area contributed by atoms with E-state index in [9.17, 15) is 9.59 Å². The van der Waals surface area contributed by atoms with Crippen molar-refractivity contribution < 1.29 is 33.3 Å². The van der Waals surface area contributed by atoms with E-state index in [-0.39, 0.29) is 25.2 Å². The predicted octanol–water partition coefficient (Wildman–Crippen LogP) is 4.06. The number of esters is 2. The van der Waals surface area contributed by atoms with Gasteiger partial charge in [-0.15, -0.1) is 0 Å². The maximum Gasteiger partial charge on any atom is 0.305 e. The third-order valence-electron chi connectivity index (χ3n) is 4.19. The van der Waals surface area contributed by atoms with E-state index in [1.165, 1.54) is 19.3 Å². The molecule has 0 aromatic heterocycles. The summed E-state index contributed by atoms with van der Waals surface area (Å²) in [6, 6.07) is 0. The summed E-state index contributed by atoms with van der Waals surface area (Å²) in [7, 11) is 0. The molecule has 7 nitrogen and oxygen atoms in total. The number of hydrogen-bond acceptors (Lipinski definition) is 7. The van der Waals surface area contributed by atoms with Gasteiger partial charge in [0, 0.05) is 12.8 Å². The molecule has 0 radical (unpaired) electrons. The number of hydrogen-bond donors (Lipinski definition) is 0. The summed E-state index contributed by atoms with van der Waals surface area (Å²) in [5.74, 6) is -0.307. The monoisotopic (exact) mass is 418 g/mol. The van der Waals surface area contributed by atoms with Crippen molar-refractivity contribution in [3.05, 3.63) is 0 Å². The van der Waals surface area contributed by atoms with Crippen LogP contribution in [0, 0.1) is 0 Å². The Hall–Kier alpha value is -1.18. The molecule has 7 heteroatoms. The Kier molecular flexibility index (Phi) is 22.2. The van der Waals surface area contributed by atoms with Crippen LogP contribution in [0.2, 0.25) is 0 Å². The van der Waals surface area contributed by atoms with Gasteiger partial charge in [0.25, 0.3) is 0 Å². The van der Waals surface area contributed by atoms with Gasteiger partial charge in [-0.05, 0) is 12.8 Å². The standard InChI is InChI=1S/C22H42O7/c1-3-5-7-8-10-12-22(24)29-20-18-27-16-14-25-13-15-26-17-19-28-21(23)11-9-6-4-2/h3-20H2,1-2H3. The van der Waals surface area contributed by atoms with Crippen molar-refractivity contribution in [2.75, 3.05) is 52.9 Å². The van der Waals surface area contributed by atoms with Crippen molar-refractivity contribution in [2.24, 2.45) is 0 Å². The zero-order valence-electron chi connectivity index (χ0n) is 18.6. The summed E-state index contributed by atoms with van der Waals surface area (Å²) in [5, 5.41) is 0. The van der Waals surface area contributed by atoms with Crippen LogP contribution in [0.3, 0.4) is 0 Å². The third-order valence-corrected chi connectivity index (χ3v) is 4.19. The van der Waals surface area contributed by atoms with Gasteiger partial charge in [-0.1, -0.05) is 52.4 Å². The van der Waals surface area contributed by atoms with Gasteiger partial charge in [-0.25, -0.2) is 0 Å². The number of rotatable bonds is 22. The Balaban J connectivity index is 3.18. The lowest BCUT2D eigenvalue weighted by atomic mass is 10.1. The average molecular weight is 419 g/mol. The van der Waals surface area contributed by atoms with Crippen LogP contribution in [-0.2, 0) is 33.3 Å². The molecule has 0 unspecified atom stereocenters. The smallest absolute Gasteiger partial charge is 0.305 e. The van der Waals surface area contributed by atoms with Gasteiger partial charge in [0.15, 0.2) is 0 Å². The molecular weight excluding hydrogens is 376 g/mol. The summed E-state index contributed by atoms with van der Waals surface area (Å²) >= 11 is 0. The molecule has 0 amide bonds. The van der Waals surface area contributed by atoms with E-state index in [0.717, 1.165) is 32.1 Å². The van der Waals surface area contributed by atoms with E-state index in [1.54, 1.807) is 0 Å².